The third-order valence-electron chi connectivity index (χ3n) is 3.36. The predicted octanol–water partition coefficient (Wildman–Crippen LogP) is 2.05. The van der Waals surface area contributed by atoms with E-state index in [0.717, 1.165) is 11.7 Å². The van der Waals surface area contributed by atoms with Crippen molar-refractivity contribution in [3.63, 3.8) is 0 Å². The molecule has 0 aliphatic rings. The summed E-state index contributed by atoms with van der Waals surface area (Å²) in [5.74, 6) is -0.365. The number of aromatic nitrogens is 2. The van der Waals surface area contributed by atoms with Crippen LogP contribution in [0, 0.1) is 0 Å². The number of nitrogens with one attached hydrogen (secondary N) is 2. The van der Waals surface area contributed by atoms with E-state index in [1.807, 2.05) is 0 Å². The van der Waals surface area contributed by atoms with Gasteiger partial charge in [0.05, 0.1) is 22.3 Å². The highest BCUT2D eigenvalue weighted by molar-refractivity contribution is 7.89. The minimum Gasteiger partial charge on any atom is -0.351 e. The molecule has 2 aromatic carbocycles. The van der Waals surface area contributed by atoms with Crippen LogP contribution in [-0.2, 0) is 10.0 Å². The van der Waals surface area contributed by atoms with Gasteiger partial charge >= 0.3 is 0 Å². The van der Waals surface area contributed by atoms with E-state index in [9.17, 15) is 13.2 Å². The normalized spacial score (nSPS) is 11.6. The Morgan fingerprint density at radius 3 is 2.68 bits per heavy atom. The van der Waals surface area contributed by atoms with Crippen LogP contribution in [0.3, 0.4) is 0 Å². The molecule has 25 heavy (non-hydrogen) atoms. The van der Waals surface area contributed by atoms with E-state index in [-0.39, 0.29) is 23.9 Å². The van der Waals surface area contributed by atoms with Gasteiger partial charge in [0.15, 0.2) is 0 Å². The topological polar surface area (TPSA) is 101 Å². The molecule has 0 saturated heterocycles. The smallest absolute Gasteiger partial charge is 0.252 e. The number of carbonyl (C=O) groups excluding carboxylic acids is 1. The number of sulfonamides is 1. The first-order valence-corrected chi connectivity index (χ1v) is 9.82. The number of hydrogen-bond donors (Lipinski definition) is 2. The molecule has 0 aliphatic carbocycles. The number of carbonyl (C=O) groups is 1. The molecule has 3 aromatic rings. The number of hydrogen-bond acceptors (Lipinski definition) is 6. The summed E-state index contributed by atoms with van der Waals surface area (Å²) in [5.41, 5.74) is 1.20. The highest BCUT2D eigenvalue weighted by atomic mass is 35.5. The standard InChI is InChI=1S/C15H13ClN4O3S2/c16-11-5-2-1-4-10(11)15(21)17-8-9-18-25(22,23)13-7-3-6-12-14(13)20-24-19-12/h1-7,18H,8-9H2,(H,17,21). The number of benzene rings is 2. The van der Waals surface area contributed by atoms with Gasteiger partial charge in [-0.15, -0.1) is 0 Å². The van der Waals surface area contributed by atoms with Crippen molar-refractivity contribution in [2.24, 2.45) is 0 Å². The molecule has 0 fully saturated rings. The second-order valence-electron chi connectivity index (χ2n) is 5.02. The maximum absolute atomic E-state index is 12.4. The Morgan fingerprint density at radius 2 is 1.88 bits per heavy atom. The van der Waals surface area contributed by atoms with Crippen LogP contribution in [0.15, 0.2) is 47.4 Å². The quantitative estimate of drug-likeness (QED) is 0.621. The number of halogens is 1. The molecule has 0 spiro atoms. The number of fused-ring (bicyclic) bond motifs is 1. The molecule has 130 valence electrons. The van der Waals surface area contributed by atoms with E-state index < -0.39 is 10.0 Å². The Balaban J connectivity index is 1.61. The SMILES string of the molecule is O=C(NCCNS(=O)(=O)c1cccc2nsnc12)c1ccccc1Cl. The molecule has 0 atom stereocenters. The number of rotatable bonds is 6. The van der Waals surface area contributed by atoms with E-state index in [2.05, 4.69) is 18.8 Å². The molecular formula is C15H13ClN4O3S2. The Bertz CT molecular complexity index is 1020. The molecule has 0 aliphatic heterocycles. The lowest BCUT2D eigenvalue weighted by Crippen LogP contribution is -2.34. The zero-order valence-electron chi connectivity index (χ0n) is 12.8. The van der Waals surface area contributed by atoms with Crippen LogP contribution < -0.4 is 10.0 Å². The summed E-state index contributed by atoms with van der Waals surface area (Å²) >= 11 is 6.90. The first-order chi connectivity index (χ1) is 12.0. The molecule has 0 saturated carbocycles. The molecular weight excluding hydrogens is 384 g/mol. The van der Waals surface area contributed by atoms with E-state index in [0.29, 0.717) is 21.6 Å². The average Bonchev–Trinajstić information content (AvgIpc) is 3.07. The van der Waals surface area contributed by atoms with Crippen LogP contribution >= 0.6 is 23.3 Å². The maximum Gasteiger partial charge on any atom is 0.252 e. The van der Waals surface area contributed by atoms with Gasteiger partial charge in [0.1, 0.15) is 15.9 Å². The van der Waals surface area contributed by atoms with Crippen molar-refractivity contribution in [3.05, 3.63) is 53.1 Å². The van der Waals surface area contributed by atoms with Crippen molar-refractivity contribution in [2.75, 3.05) is 13.1 Å². The Hall–Kier alpha value is -2.07. The third kappa shape index (κ3) is 3.96. The maximum atomic E-state index is 12.4. The summed E-state index contributed by atoms with van der Waals surface area (Å²) in [7, 11) is -3.75. The number of amides is 1. The summed E-state index contributed by atoms with van der Waals surface area (Å²) in [6, 6.07) is 11.4. The third-order valence-corrected chi connectivity index (χ3v) is 5.72. The van der Waals surface area contributed by atoms with Gasteiger partial charge in [-0.25, -0.2) is 13.1 Å². The first-order valence-electron chi connectivity index (χ1n) is 7.23. The zero-order valence-corrected chi connectivity index (χ0v) is 15.2. The highest BCUT2D eigenvalue weighted by Gasteiger charge is 2.19. The fourth-order valence-corrected chi connectivity index (χ4v) is 4.20. The Morgan fingerprint density at radius 1 is 1.08 bits per heavy atom. The number of nitrogens with zero attached hydrogens (tertiary/aromatic N) is 2. The summed E-state index contributed by atoms with van der Waals surface area (Å²) in [4.78, 5) is 12.1. The first kappa shape index (κ1) is 17.7. The lowest BCUT2D eigenvalue weighted by Gasteiger charge is -2.09. The molecule has 7 nitrogen and oxygen atoms in total. The minimum absolute atomic E-state index is 0.0342. The van der Waals surface area contributed by atoms with Crippen molar-refractivity contribution in [1.82, 2.24) is 18.8 Å². The molecule has 0 unspecified atom stereocenters. The molecule has 1 amide bonds. The van der Waals surface area contributed by atoms with Crippen molar-refractivity contribution >= 4 is 50.3 Å². The van der Waals surface area contributed by atoms with Crippen molar-refractivity contribution < 1.29 is 13.2 Å². The summed E-state index contributed by atoms with van der Waals surface area (Å²) in [6.45, 7) is 0.154. The highest BCUT2D eigenvalue weighted by Crippen LogP contribution is 2.20. The average molecular weight is 397 g/mol. The molecule has 0 bridgehead atoms. The van der Waals surface area contributed by atoms with Crippen molar-refractivity contribution in [3.8, 4) is 0 Å². The lowest BCUT2D eigenvalue weighted by atomic mass is 10.2. The molecule has 1 heterocycles. The van der Waals surface area contributed by atoms with Gasteiger partial charge in [-0.2, -0.15) is 8.75 Å². The predicted molar refractivity (Wildman–Crippen MR) is 96.4 cm³/mol. The monoisotopic (exact) mass is 396 g/mol. The van der Waals surface area contributed by atoms with Gasteiger partial charge in [-0.3, -0.25) is 4.79 Å². The van der Waals surface area contributed by atoms with Gasteiger partial charge in [0, 0.05) is 13.1 Å². The van der Waals surface area contributed by atoms with Crippen LogP contribution in [-0.4, -0.2) is 36.2 Å². The van der Waals surface area contributed by atoms with Crippen molar-refractivity contribution in [1.29, 1.82) is 0 Å². The van der Waals surface area contributed by atoms with E-state index in [4.69, 9.17) is 11.6 Å². The van der Waals surface area contributed by atoms with Gasteiger partial charge < -0.3 is 5.32 Å². The summed E-state index contributed by atoms with van der Waals surface area (Å²) < 4.78 is 35.3. The van der Waals surface area contributed by atoms with Gasteiger partial charge in [-0.1, -0.05) is 29.8 Å². The molecule has 3 rings (SSSR count). The fraction of sp³-hybridized carbons (Fsp3) is 0.133. The zero-order chi connectivity index (χ0) is 17.9. The molecule has 0 radical (unpaired) electrons. The molecule has 1 aromatic heterocycles. The summed E-state index contributed by atoms with van der Waals surface area (Å²) in [6.07, 6.45) is 0. The van der Waals surface area contributed by atoms with Crippen LogP contribution in [0.4, 0.5) is 0 Å². The van der Waals surface area contributed by atoms with Gasteiger partial charge in [0.25, 0.3) is 5.91 Å². The minimum atomic E-state index is -3.75. The van der Waals surface area contributed by atoms with E-state index in [1.165, 1.54) is 6.07 Å². The second-order valence-corrected chi connectivity index (χ2v) is 7.69. The molecule has 2 N–H and O–H groups in total. The lowest BCUT2D eigenvalue weighted by molar-refractivity contribution is 0.0954. The van der Waals surface area contributed by atoms with Crippen LogP contribution in [0.25, 0.3) is 11.0 Å². The largest absolute Gasteiger partial charge is 0.351 e. The van der Waals surface area contributed by atoms with Crippen LogP contribution in [0.5, 0.6) is 0 Å². The fourth-order valence-electron chi connectivity index (χ4n) is 2.18. The van der Waals surface area contributed by atoms with E-state index in [1.54, 1.807) is 36.4 Å². The van der Waals surface area contributed by atoms with Gasteiger partial charge in [0.2, 0.25) is 10.0 Å². The Labute approximate surface area is 153 Å². The van der Waals surface area contributed by atoms with E-state index >= 15 is 0 Å². The van der Waals surface area contributed by atoms with Crippen LogP contribution in [0.1, 0.15) is 10.4 Å². The van der Waals surface area contributed by atoms with Gasteiger partial charge in [-0.05, 0) is 24.3 Å². The van der Waals surface area contributed by atoms with Crippen LogP contribution in [0.2, 0.25) is 5.02 Å². The second kappa shape index (κ2) is 7.44. The summed E-state index contributed by atoms with van der Waals surface area (Å²) in [5, 5.41) is 2.96. The van der Waals surface area contributed by atoms with Crippen molar-refractivity contribution in [2.45, 2.75) is 4.90 Å². The Kier molecular flexibility index (Phi) is 5.28. The molecule has 10 heteroatoms.